The van der Waals surface area contributed by atoms with Crippen molar-refractivity contribution in [1.29, 1.82) is 0 Å². The minimum absolute atomic E-state index is 0.240. The van der Waals surface area contributed by atoms with Crippen LogP contribution in [0.2, 0.25) is 0 Å². The third kappa shape index (κ3) is 4.04. The summed E-state index contributed by atoms with van der Waals surface area (Å²) in [6, 6.07) is 14.6. The Morgan fingerprint density at radius 3 is 2.63 bits per heavy atom. The highest BCUT2D eigenvalue weighted by atomic mass is 32.1. The molecular formula is C23H27N5OS. The molecule has 0 saturated carbocycles. The van der Waals surface area contributed by atoms with E-state index in [-0.39, 0.29) is 11.9 Å². The highest BCUT2D eigenvalue weighted by Gasteiger charge is 2.30. The van der Waals surface area contributed by atoms with E-state index < -0.39 is 0 Å². The Bertz CT molecular complexity index is 966. The number of anilines is 1. The van der Waals surface area contributed by atoms with Crippen LogP contribution in [-0.2, 0) is 4.79 Å². The van der Waals surface area contributed by atoms with Crippen LogP contribution >= 0.6 is 11.3 Å². The van der Waals surface area contributed by atoms with E-state index in [4.69, 9.17) is 4.98 Å². The van der Waals surface area contributed by atoms with Crippen molar-refractivity contribution in [2.24, 2.45) is 0 Å². The number of carbonyl (C=O) groups is 1. The van der Waals surface area contributed by atoms with Crippen molar-refractivity contribution in [1.82, 2.24) is 19.8 Å². The summed E-state index contributed by atoms with van der Waals surface area (Å²) in [5.41, 5.74) is 1.07. The van der Waals surface area contributed by atoms with Crippen LogP contribution in [0.1, 0.15) is 30.3 Å². The van der Waals surface area contributed by atoms with Crippen LogP contribution in [-0.4, -0.2) is 64.9 Å². The molecule has 1 atom stereocenters. The van der Waals surface area contributed by atoms with E-state index in [0.717, 1.165) is 61.9 Å². The number of rotatable bonds is 4. The predicted molar refractivity (Wildman–Crippen MR) is 121 cm³/mol. The van der Waals surface area contributed by atoms with Gasteiger partial charge in [-0.2, -0.15) is 0 Å². The number of piperazine rings is 1. The number of para-hydroxylation sites is 1. The third-order valence-electron chi connectivity index (χ3n) is 6.15. The van der Waals surface area contributed by atoms with Gasteiger partial charge in [-0.05, 0) is 43.7 Å². The van der Waals surface area contributed by atoms with Crippen LogP contribution in [0, 0.1) is 0 Å². The largest absolute Gasteiger partial charge is 0.353 e. The fourth-order valence-electron chi connectivity index (χ4n) is 4.49. The van der Waals surface area contributed by atoms with Crippen LogP contribution < -0.4 is 4.90 Å². The van der Waals surface area contributed by atoms with Crippen molar-refractivity contribution in [3.05, 3.63) is 53.7 Å². The van der Waals surface area contributed by atoms with Crippen molar-refractivity contribution >= 4 is 33.3 Å². The number of fused-ring (bicyclic) bond motifs is 1. The average Bonchev–Trinajstić information content (AvgIpc) is 3.24. The van der Waals surface area contributed by atoms with Crippen molar-refractivity contribution < 1.29 is 4.79 Å². The molecule has 2 fully saturated rings. The number of amides is 1. The lowest BCUT2D eigenvalue weighted by Crippen LogP contribution is -2.52. The molecule has 7 heteroatoms. The molecule has 0 radical (unpaired) electrons. The van der Waals surface area contributed by atoms with Gasteiger partial charge in [0, 0.05) is 32.4 Å². The molecule has 2 saturated heterocycles. The van der Waals surface area contributed by atoms with E-state index in [9.17, 15) is 4.79 Å². The van der Waals surface area contributed by atoms with Crippen LogP contribution in [0.5, 0.6) is 0 Å². The summed E-state index contributed by atoms with van der Waals surface area (Å²) in [6.45, 7) is 4.66. The minimum Gasteiger partial charge on any atom is -0.353 e. The van der Waals surface area contributed by atoms with Crippen LogP contribution in [0.3, 0.4) is 0 Å². The summed E-state index contributed by atoms with van der Waals surface area (Å²) in [4.78, 5) is 29.0. The molecule has 0 unspecified atom stereocenters. The summed E-state index contributed by atoms with van der Waals surface area (Å²) < 4.78 is 1.23. The van der Waals surface area contributed by atoms with Gasteiger partial charge in [-0.15, -0.1) is 11.3 Å². The Labute approximate surface area is 181 Å². The van der Waals surface area contributed by atoms with Gasteiger partial charge in [0.15, 0.2) is 0 Å². The van der Waals surface area contributed by atoms with E-state index in [0.29, 0.717) is 6.54 Å². The van der Waals surface area contributed by atoms with Gasteiger partial charge in [0.2, 0.25) is 5.91 Å². The van der Waals surface area contributed by atoms with Gasteiger partial charge in [-0.3, -0.25) is 9.69 Å². The molecule has 2 aliphatic heterocycles. The number of carbonyl (C=O) groups excluding carboxylic acids is 1. The minimum atomic E-state index is 0.240. The Morgan fingerprint density at radius 1 is 1.00 bits per heavy atom. The normalized spacial score (nSPS) is 20.6. The molecule has 30 heavy (non-hydrogen) atoms. The van der Waals surface area contributed by atoms with E-state index >= 15 is 0 Å². The smallest absolute Gasteiger partial charge is 0.236 e. The lowest BCUT2D eigenvalue weighted by Gasteiger charge is -2.38. The number of nitrogens with zero attached hydrogens (tertiary/aromatic N) is 5. The topological polar surface area (TPSA) is 52.6 Å². The monoisotopic (exact) mass is 421 g/mol. The first-order valence-corrected chi connectivity index (χ1v) is 11.6. The van der Waals surface area contributed by atoms with Crippen molar-refractivity contribution in [2.75, 3.05) is 44.2 Å². The average molecular weight is 422 g/mol. The quantitative estimate of drug-likeness (QED) is 0.645. The summed E-state index contributed by atoms with van der Waals surface area (Å²) in [5.74, 6) is 1.24. The van der Waals surface area contributed by atoms with Crippen LogP contribution in [0.25, 0.3) is 10.2 Å². The van der Waals surface area contributed by atoms with Crippen molar-refractivity contribution in [2.45, 2.75) is 25.3 Å². The van der Waals surface area contributed by atoms with E-state index in [1.807, 2.05) is 35.4 Å². The SMILES string of the molecule is O=C(CN1CCCC[C@H]1c1nc2ccccc2s1)N1CCN(c2ccccn2)CC1. The highest BCUT2D eigenvalue weighted by molar-refractivity contribution is 7.18. The fourth-order valence-corrected chi connectivity index (χ4v) is 5.63. The Kier molecular flexibility index (Phi) is 5.64. The summed E-state index contributed by atoms with van der Waals surface area (Å²) in [6.07, 6.45) is 5.27. The molecule has 156 valence electrons. The number of aromatic nitrogens is 2. The molecule has 3 aromatic rings. The lowest BCUT2D eigenvalue weighted by atomic mass is 10.0. The van der Waals surface area contributed by atoms with Crippen molar-refractivity contribution in [3.8, 4) is 0 Å². The van der Waals surface area contributed by atoms with E-state index in [2.05, 4.69) is 33.0 Å². The van der Waals surface area contributed by atoms with E-state index in [1.54, 1.807) is 11.3 Å². The van der Waals surface area contributed by atoms with Gasteiger partial charge in [-0.1, -0.05) is 24.6 Å². The molecular weight excluding hydrogens is 394 g/mol. The number of benzene rings is 1. The van der Waals surface area contributed by atoms with Gasteiger partial charge >= 0.3 is 0 Å². The van der Waals surface area contributed by atoms with Gasteiger partial charge in [0.1, 0.15) is 10.8 Å². The Morgan fingerprint density at radius 2 is 1.83 bits per heavy atom. The molecule has 1 amide bonds. The molecule has 0 aliphatic carbocycles. The Balaban J connectivity index is 1.23. The molecule has 1 aromatic carbocycles. The number of likely N-dealkylation sites (tertiary alicyclic amines) is 1. The molecule has 0 bridgehead atoms. The number of pyridine rings is 1. The Hall–Kier alpha value is -2.51. The maximum absolute atomic E-state index is 13.1. The predicted octanol–water partition coefficient (Wildman–Crippen LogP) is 3.57. The first-order chi connectivity index (χ1) is 14.8. The standard InChI is InChI=1S/C23H27N5OS/c29-22(27-15-13-26(14-16-27)21-10-3-5-11-24-21)17-28-12-6-4-8-19(28)23-25-18-7-1-2-9-20(18)30-23/h1-3,5,7,9-11,19H,4,6,8,12-17H2/t19-/m0/s1. The summed E-state index contributed by atoms with van der Waals surface area (Å²) in [5, 5.41) is 1.16. The zero-order valence-corrected chi connectivity index (χ0v) is 17.9. The first kappa shape index (κ1) is 19.5. The van der Waals surface area contributed by atoms with Gasteiger partial charge < -0.3 is 9.80 Å². The number of hydrogen-bond donors (Lipinski definition) is 0. The zero-order valence-electron chi connectivity index (χ0n) is 17.1. The zero-order chi connectivity index (χ0) is 20.3. The molecule has 0 spiro atoms. The second kappa shape index (κ2) is 8.70. The summed E-state index contributed by atoms with van der Waals surface area (Å²) in [7, 11) is 0. The highest BCUT2D eigenvalue weighted by Crippen LogP contribution is 2.35. The second-order valence-electron chi connectivity index (χ2n) is 8.06. The molecule has 0 N–H and O–H groups in total. The van der Waals surface area contributed by atoms with Crippen LogP contribution in [0.4, 0.5) is 5.82 Å². The molecule has 6 nitrogen and oxygen atoms in total. The third-order valence-corrected chi connectivity index (χ3v) is 7.29. The first-order valence-electron chi connectivity index (χ1n) is 10.8. The van der Waals surface area contributed by atoms with Gasteiger partial charge in [0.05, 0.1) is 22.8 Å². The van der Waals surface area contributed by atoms with Gasteiger partial charge in [0.25, 0.3) is 0 Å². The summed E-state index contributed by atoms with van der Waals surface area (Å²) >= 11 is 1.78. The maximum Gasteiger partial charge on any atom is 0.236 e. The number of hydrogen-bond acceptors (Lipinski definition) is 6. The molecule has 2 aliphatic rings. The molecule has 2 aromatic heterocycles. The van der Waals surface area contributed by atoms with E-state index in [1.165, 1.54) is 11.1 Å². The van der Waals surface area contributed by atoms with Crippen LogP contribution in [0.15, 0.2) is 48.7 Å². The molecule has 4 heterocycles. The maximum atomic E-state index is 13.1. The number of thiazole rings is 1. The number of piperidine rings is 1. The van der Waals surface area contributed by atoms with Crippen molar-refractivity contribution in [3.63, 3.8) is 0 Å². The molecule has 5 rings (SSSR count). The fraction of sp³-hybridized carbons (Fsp3) is 0.435. The second-order valence-corrected chi connectivity index (χ2v) is 9.12. The van der Waals surface area contributed by atoms with Gasteiger partial charge in [-0.25, -0.2) is 9.97 Å². The lowest BCUT2D eigenvalue weighted by molar-refractivity contribution is -0.133.